The van der Waals surface area contributed by atoms with Crippen LogP contribution in [-0.4, -0.2) is 11.3 Å². The van der Waals surface area contributed by atoms with Crippen molar-refractivity contribution in [3.8, 4) is 0 Å². The van der Waals surface area contributed by atoms with Crippen molar-refractivity contribution >= 4 is 35.1 Å². The van der Waals surface area contributed by atoms with E-state index in [0.717, 1.165) is 12.8 Å². The molecule has 0 N–H and O–H groups in total. The molecular weight excluding hydrogens is 328 g/mol. The monoisotopic (exact) mass is 346 g/mol. The average Bonchev–Trinajstić information content (AvgIpc) is 2.58. The first-order valence-corrected chi connectivity index (χ1v) is 8.22. The van der Waals surface area contributed by atoms with Crippen LogP contribution in [0.1, 0.15) is 31.7 Å². The van der Waals surface area contributed by atoms with Gasteiger partial charge in [0.05, 0.1) is 15.6 Å². The van der Waals surface area contributed by atoms with Gasteiger partial charge in [-0.2, -0.15) is 0 Å². The molecular formula is C18H19ClN2O3. The Labute approximate surface area is 146 Å². The third-order valence-corrected chi connectivity index (χ3v) is 4.11. The minimum absolute atomic E-state index is 0.113. The number of carbonyl (C=O) groups is 1. The van der Waals surface area contributed by atoms with Gasteiger partial charge in [-0.25, -0.2) is 0 Å². The van der Waals surface area contributed by atoms with Crippen molar-refractivity contribution in [1.29, 1.82) is 0 Å². The number of nitrogens with zero attached hydrogens (tertiary/aromatic N) is 2. The molecule has 0 atom stereocenters. The molecule has 0 radical (unpaired) electrons. The number of anilines is 2. The highest BCUT2D eigenvalue weighted by Crippen LogP contribution is 2.34. The van der Waals surface area contributed by atoms with Crippen LogP contribution in [0.5, 0.6) is 0 Å². The van der Waals surface area contributed by atoms with E-state index >= 15 is 0 Å². The minimum Gasteiger partial charge on any atom is -0.282 e. The lowest BCUT2D eigenvalue weighted by Gasteiger charge is -2.19. The third-order valence-electron chi connectivity index (χ3n) is 3.79. The molecule has 6 heteroatoms. The Balaban J connectivity index is 2.27. The van der Waals surface area contributed by atoms with E-state index in [0.29, 0.717) is 17.8 Å². The maximum Gasteiger partial charge on any atom is 0.271 e. The maximum atomic E-state index is 11.5. The number of nitro benzene ring substituents is 1. The van der Waals surface area contributed by atoms with Crippen molar-refractivity contribution in [3.05, 3.63) is 63.2 Å². The summed E-state index contributed by atoms with van der Waals surface area (Å²) in [5.74, 6) is 0. The first kappa shape index (κ1) is 17.9. The number of hydrogen-bond donors (Lipinski definition) is 0. The number of unbranched alkanes of at least 4 members (excludes halogenated alkanes) is 2. The molecule has 2 rings (SSSR count). The average molecular weight is 347 g/mol. The van der Waals surface area contributed by atoms with Crippen LogP contribution in [0, 0.1) is 10.1 Å². The van der Waals surface area contributed by atoms with Crippen molar-refractivity contribution < 1.29 is 9.72 Å². The zero-order valence-corrected chi connectivity index (χ0v) is 14.2. The molecule has 0 saturated heterocycles. The van der Waals surface area contributed by atoms with Gasteiger partial charge in [-0.3, -0.25) is 19.8 Å². The van der Waals surface area contributed by atoms with E-state index in [9.17, 15) is 14.9 Å². The fourth-order valence-electron chi connectivity index (χ4n) is 2.46. The summed E-state index contributed by atoms with van der Waals surface area (Å²) in [5.41, 5.74) is 1.99. The molecule has 0 spiro atoms. The van der Waals surface area contributed by atoms with E-state index in [4.69, 9.17) is 11.6 Å². The molecule has 24 heavy (non-hydrogen) atoms. The maximum absolute atomic E-state index is 11.5. The summed E-state index contributed by atoms with van der Waals surface area (Å²) in [4.78, 5) is 23.3. The van der Waals surface area contributed by atoms with Crippen LogP contribution < -0.4 is 4.90 Å². The summed E-state index contributed by atoms with van der Waals surface area (Å²) in [6.07, 6.45) is 5.08. The highest BCUT2D eigenvalue weighted by Gasteiger charge is 2.16. The fraction of sp³-hybridized carbons (Fsp3) is 0.278. The second-order valence-corrected chi connectivity index (χ2v) is 5.90. The quantitative estimate of drug-likeness (QED) is 0.283. The highest BCUT2D eigenvalue weighted by atomic mass is 35.5. The summed E-state index contributed by atoms with van der Waals surface area (Å²) >= 11 is 6.12. The second kappa shape index (κ2) is 8.45. The van der Waals surface area contributed by atoms with Gasteiger partial charge >= 0.3 is 0 Å². The van der Waals surface area contributed by atoms with Crippen LogP contribution in [0.2, 0.25) is 5.02 Å². The molecule has 0 aliphatic rings. The summed E-state index contributed by atoms with van der Waals surface area (Å²) in [5, 5.41) is 11.2. The Kier molecular flexibility index (Phi) is 6.32. The number of amides is 1. The first-order chi connectivity index (χ1) is 11.6. The smallest absolute Gasteiger partial charge is 0.271 e. The van der Waals surface area contributed by atoms with Crippen molar-refractivity contribution in [2.75, 3.05) is 4.90 Å². The lowest BCUT2D eigenvalue weighted by molar-refractivity contribution is -0.384. The molecule has 0 aliphatic carbocycles. The Morgan fingerprint density at radius 2 is 1.88 bits per heavy atom. The molecule has 0 unspecified atom stereocenters. The Hall–Kier alpha value is -2.40. The van der Waals surface area contributed by atoms with E-state index in [-0.39, 0.29) is 10.7 Å². The molecule has 126 valence electrons. The molecule has 0 saturated carbocycles. The van der Waals surface area contributed by atoms with E-state index < -0.39 is 4.92 Å². The van der Waals surface area contributed by atoms with Gasteiger partial charge in [-0.15, -0.1) is 0 Å². The van der Waals surface area contributed by atoms with Gasteiger partial charge in [0.2, 0.25) is 6.41 Å². The van der Waals surface area contributed by atoms with Gasteiger partial charge < -0.3 is 0 Å². The molecule has 0 fully saturated rings. The van der Waals surface area contributed by atoms with Crippen LogP contribution in [0.4, 0.5) is 17.1 Å². The number of halogens is 1. The van der Waals surface area contributed by atoms with E-state index in [2.05, 4.69) is 6.92 Å². The number of rotatable bonds is 8. The summed E-state index contributed by atoms with van der Waals surface area (Å²) in [7, 11) is 0. The van der Waals surface area contributed by atoms with E-state index in [1.807, 2.05) is 24.3 Å². The lowest BCUT2D eigenvalue weighted by atomic mass is 10.1. The molecule has 0 bridgehead atoms. The predicted molar refractivity (Wildman–Crippen MR) is 96.0 cm³/mol. The number of non-ortho nitro benzene ring substituents is 1. The molecule has 5 nitrogen and oxygen atoms in total. The minimum atomic E-state index is -0.514. The van der Waals surface area contributed by atoms with Crippen molar-refractivity contribution in [3.63, 3.8) is 0 Å². The van der Waals surface area contributed by atoms with Crippen LogP contribution >= 0.6 is 11.6 Å². The van der Waals surface area contributed by atoms with E-state index in [1.165, 1.54) is 41.5 Å². The van der Waals surface area contributed by atoms with Gasteiger partial charge in [0, 0.05) is 17.8 Å². The van der Waals surface area contributed by atoms with Crippen LogP contribution in [-0.2, 0) is 11.2 Å². The van der Waals surface area contributed by atoms with Crippen LogP contribution in [0.25, 0.3) is 0 Å². The number of nitro groups is 1. The predicted octanol–water partition coefficient (Wildman–Crippen LogP) is 5.28. The molecule has 0 aromatic heterocycles. The highest BCUT2D eigenvalue weighted by molar-refractivity contribution is 6.34. The molecule has 1 amide bonds. The Morgan fingerprint density at radius 1 is 1.17 bits per heavy atom. The summed E-state index contributed by atoms with van der Waals surface area (Å²) < 4.78 is 0. The van der Waals surface area contributed by atoms with Crippen molar-refractivity contribution in [1.82, 2.24) is 0 Å². The normalized spacial score (nSPS) is 10.4. The van der Waals surface area contributed by atoms with Gasteiger partial charge in [-0.1, -0.05) is 43.5 Å². The molecule has 2 aromatic rings. The fourth-order valence-corrected chi connectivity index (χ4v) is 2.67. The molecule has 2 aromatic carbocycles. The second-order valence-electron chi connectivity index (χ2n) is 5.49. The Bertz CT molecular complexity index is 717. The van der Waals surface area contributed by atoms with Crippen LogP contribution in [0.3, 0.4) is 0 Å². The van der Waals surface area contributed by atoms with Crippen molar-refractivity contribution in [2.45, 2.75) is 32.6 Å². The van der Waals surface area contributed by atoms with Crippen molar-refractivity contribution in [2.24, 2.45) is 0 Å². The van der Waals surface area contributed by atoms with Gasteiger partial charge in [-0.05, 0) is 36.6 Å². The summed E-state index contributed by atoms with van der Waals surface area (Å²) in [6.45, 7) is 2.16. The Morgan fingerprint density at radius 3 is 2.46 bits per heavy atom. The van der Waals surface area contributed by atoms with Gasteiger partial charge in [0.1, 0.15) is 0 Å². The van der Waals surface area contributed by atoms with E-state index in [1.54, 1.807) is 0 Å². The lowest BCUT2D eigenvalue weighted by Crippen LogP contribution is -2.14. The number of aryl methyl sites for hydroxylation is 1. The van der Waals surface area contributed by atoms with Gasteiger partial charge in [0.15, 0.2) is 0 Å². The largest absolute Gasteiger partial charge is 0.282 e. The zero-order chi connectivity index (χ0) is 17.5. The third kappa shape index (κ3) is 4.32. The number of hydrogen-bond acceptors (Lipinski definition) is 3. The molecule has 0 heterocycles. The number of carbonyl (C=O) groups excluding carboxylic acids is 1. The topological polar surface area (TPSA) is 63.5 Å². The van der Waals surface area contributed by atoms with Crippen LogP contribution in [0.15, 0.2) is 42.5 Å². The SMILES string of the molecule is CCCCCc1ccc(N(C=O)c2cc([N+](=O)[O-])ccc2Cl)cc1. The summed E-state index contributed by atoms with van der Waals surface area (Å²) in [6, 6.07) is 11.6. The van der Waals surface area contributed by atoms with Gasteiger partial charge in [0.25, 0.3) is 5.69 Å². The first-order valence-electron chi connectivity index (χ1n) is 7.84. The number of benzene rings is 2. The standard InChI is InChI=1S/C18H19ClN2O3/c1-2-3-4-5-14-6-8-15(9-7-14)20(13-22)18-12-16(21(23)24)10-11-17(18)19/h6-13H,2-5H2,1H3. The molecule has 0 aliphatic heterocycles. The zero-order valence-electron chi connectivity index (χ0n) is 13.4.